The number of carbonyl (C=O) groups excluding carboxylic acids is 2. The molecule has 2 amide bonds. The van der Waals surface area contributed by atoms with Gasteiger partial charge in [0.05, 0.1) is 12.6 Å². The second-order valence-electron chi connectivity index (χ2n) is 10.2. The number of carbonyl (C=O) groups is 2. The molecule has 1 aliphatic heterocycles. The molecule has 0 aromatic heterocycles. The largest absolute Gasteiger partial charge is 0.489 e. The van der Waals surface area contributed by atoms with E-state index in [9.17, 15) is 31.5 Å². The highest BCUT2D eigenvalue weighted by atomic mass is 19.4. The summed E-state index contributed by atoms with van der Waals surface area (Å²) in [6.07, 6.45) is -6.33. The first-order valence-corrected chi connectivity index (χ1v) is 13.7. The van der Waals surface area contributed by atoms with Gasteiger partial charge in [0, 0.05) is 12.5 Å². The molecule has 3 aromatic carbocycles. The Kier molecular flexibility index (Phi) is 11.1. The third-order valence-electron chi connectivity index (χ3n) is 6.81. The molecule has 9 nitrogen and oxygen atoms in total. The van der Waals surface area contributed by atoms with Gasteiger partial charge < -0.3 is 35.9 Å². The van der Waals surface area contributed by atoms with Crippen LogP contribution >= 0.6 is 0 Å². The lowest BCUT2D eigenvalue weighted by atomic mass is 9.84. The molecule has 0 bridgehead atoms. The zero-order chi connectivity index (χ0) is 32.6. The van der Waals surface area contributed by atoms with Crippen molar-refractivity contribution >= 4 is 17.7 Å². The second kappa shape index (κ2) is 15.0. The lowest BCUT2D eigenvalue weighted by Gasteiger charge is -2.31. The zero-order valence-electron chi connectivity index (χ0n) is 23.6. The molecular formula is C30H30F6N4O5. The molecule has 0 unspecified atom stereocenters. The first-order valence-electron chi connectivity index (χ1n) is 13.7. The summed E-state index contributed by atoms with van der Waals surface area (Å²) in [7, 11) is 0. The van der Waals surface area contributed by atoms with Crippen molar-refractivity contribution in [2.24, 2.45) is 5.73 Å². The number of morpholine rings is 1. The molecule has 1 heterocycles. The number of rotatable bonds is 12. The van der Waals surface area contributed by atoms with E-state index in [-0.39, 0.29) is 37.8 Å². The van der Waals surface area contributed by atoms with E-state index in [0.29, 0.717) is 11.1 Å². The maximum Gasteiger partial charge on any atom is 0.407 e. The third-order valence-corrected chi connectivity index (χ3v) is 6.81. The summed E-state index contributed by atoms with van der Waals surface area (Å²) in [5.74, 6) is -3.53. The molecule has 15 heteroatoms. The van der Waals surface area contributed by atoms with Gasteiger partial charge >= 0.3 is 12.3 Å². The maximum absolute atomic E-state index is 15.2. The van der Waals surface area contributed by atoms with Gasteiger partial charge in [-0.3, -0.25) is 4.79 Å². The summed E-state index contributed by atoms with van der Waals surface area (Å²) in [4.78, 5) is 24.2. The van der Waals surface area contributed by atoms with Crippen molar-refractivity contribution in [3.05, 3.63) is 95.3 Å². The number of benzene rings is 3. The Morgan fingerprint density at radius 1 is 0.956 bits per heavy atom. The maximum atomic E-state index is 15.2. The number of primary amides is 1. The van der Waals surface area contributed by atoms with E-state index in [1.165, 1.54) is 60.7 Å². The van der Waals surface area contributed by atoms with E-state index < -0.39 is 66.3 Å². The first kappa shape index (κ1) is 33.4. The molecule has 45 heavy (non-hydrogen) atoms. The van der Waals surface area contributed by atoms with Gasteiger partial charge in [-0.05, 0) is 47.5 Å². The molecule has 0 radical (unpaired) electrons. The van der Waals surface area contributed by atoms with Gasteiger partial charge in [-0.2, -0.15) is 13.2 Å². The Bertz CT molecular complexity index is 1390. The van der Waals surface area contributed by atoms with Crippen LogP contribution < -0.4 is 26.4 Å². The number of amides is 2. The Morgan fingerprint density at radius 3 is 2.11 bits per heavy atom. The highest BCUT2D eigenvalue weighted by molar-refractivity contribution is 5.85. The Balaban J connectivity index is 1.42. The number of ether oxygens (including phenoxy) is 3. The van der Waals surface area contributed by atoms with Crippen molar-refractivity contribution in [2.45, 2.75) is 30.3 Å². The van der Waals surface area contributed by atoms with Crippen molar-refractivity contribution in [3.63, 3.8) is 0 Å². The quantitative estimate of drug-likeness (QED) is 0.219. The van der Waals surface area contributed by atoms with E-state index in [4.69, 9.17) is 19.9 Å². The fourth-order valence-electron chi connectivity index (χ4n) is 4.62. The van der Waals surface area contributed by atoms with Gasteiger partial charge in [0.1, 0.15) is 60.8 Å². The minimum atomic E-state index is -4.57. The third kappa shape index (κ3) is 9.74. The number of alkyl halides is 3. The molecule has 1 fully saturated rings. The lowest BCUT2D eigenvalue weighted by Crippen LogP contribution is -2.51. The van der Waals surface area contributed by atoms with Crippen molar-refractivity contribution in [2.75, 3.05) is 38.2 Å². The first-order chi connectivity index (χ1) is 21.4. The number of alkyl carbamates (subject to hydrolysis) is 1. The molecule has 1 saturated heterocycles. The standard InChI is InChI=1S/C30H30F6N4O5/c31-19-8-4-17(5-9-19)25(18-6-10-20(32)11-7-18)27(28(37)41)40-26-23(33)2-1-3-24(26)44-15-22-12-38-21(13-43-22)14-45-29(42)39-16-30(34,35)36/h1-11,21-22,25,27,38,40H,12-16H2,(H2,37,41)(H,39,42)/t21-,22-,27-/m0/s1. The van der Waals surface area contributed by atoms with Crippen molar-refractivity contribution in [1.29, 1.82) is 0 Å². The van der Waals surface area contributed by atoms with Gasteiger partial charge in [-0.15, -0.1) is 0 Å². The van der Waals surface area contributed by atoms with Gasteiger partial charge in [0.2, 0.25) is 5.91 Å². The molecule has 242 valence electrons. The van der Waals surface area contributed by atoms with E-state index in [1.54, 1.807) is 5.32 Å². The minimum absolute atomic E-state index is 0.0219. The fraction of sp³-hybridized carbons (Fsp3) is 0.333. The zero-order valence-corrected chi connectivity index (χ0v) is 23.6. The van der Waals surface area contributed by atoms with Crippen LogP contribution in [0.4, 0.5) is 36.8 Å². The number of nitrogens with one attached hydrogen (secondary N) is 3. The van der Waals surface area contributed by atoms with E-state index >= 15 is 4.39 Å². The van der Waals surface area contributed by atoms with Crippen LogP contribution in [0.2, 0.25) is 0 Å². The van der Waals surface area contributed by atoms with E-state index in [2.05, 4.69) is 10.6 Å². The molecule has 4 rings (SSSR count). The number of nitrogens with two attached hydrogens (primary N) is 1. The van der Waals surface area contributed by atoms with Crippen LogP contribution in [0.3, 0.4) is 0 Å². The summed E-state index contributed by atoms with van der Waals surface area (Å²) in [5.41, 5.74) is 6.50. The van der Waals surface area contributed by atoms with E-state index in [0.717, 1.165) is 6.07 Å². The molecule has 0 saturated carbocycles. The molecule has 0 aliphatic carbocycles. The second-order valence-corrected chi connectivity index (χ2v) is 10.2. The van der Waals surface area contributed by atoms with Gasteiger partial charge in [0.15, 0.2) is 0 Å². The van der Waals surface area contributed by atoms with Crippen LogP contribution in [0.15, 0.2) is 66.7 Å². The topological polar surface area (TPSA) is 124 Å². The minimum Gasteiger partial charge on any atom is -0.489 e. The number of hydrogen-bond donors (Lipinski definition) is 4. The number of hydrogen-bond acceptors (Lipinski definition) is 7. The SMILES string of the molecule is NC(=O)[C@@H](Nc1c(F)cccc1OC[C@@H]1CN[C@H](COC(=O)NCC(F)(F)F)CO1)C(c1ccc(F)cc1)c1ccc(F)cc1. The van der Waals surface area contributed by atoms with Crippen LogP contribution in [0.5, 0.6) is 5.75 Å². The summed E-state index contributed by atoms with van der Waals surface area (Å²) in [6, 6.07) is 12.8. The lowest BCUT2D eigenvalue weighted by molar-refractivity contribution is -0.124. The molecule has 3 aromatic rings. The molecule has 5 N–H and O–H groups in total. The molecule has 3 atom stereocenters. The Hall–Kier alpha value is -4.50. The summed E-state index contributed by atoms with van der Waals surface area (Å²) in [5, 5.41) is 7.47. The van der Waals surface area contributed by atoms with Crippen LogP contribution in [0.25, 0.3) is 0 Å². The summed E-state index contributed by atoms with van der Waals surface area (Å²) < 4.78 is 95.6. The van der Waals surface area contributed by atoms with Crippen LogP contribution in [0.1, 0.15) is 17.0 Å². The molecule has 1 aliphatic rings. The highest BCUT2D eigenvalue weighted by Gasteiger charge is 2.32. The average molecular weight is 641 g/mol. The summed E-state index contributed by atoms with van der Waals surface area (Å²) in [6.45, 7) is -1.60. The number of para-hydroxylation sites is 1. The monoisotopic (exact) mass is 640 g/mol. The van der Waals surface area contributed by atoms with Gasteiger partial charge in [-0.25, -0.2) is 18.0 Å². The van der Waals surface area contributed by atoms with Crippen molar-refractivity contribution in [3.8, 4) is 5.75 Å². The smallest absolute Gasteiger partial charge is 0.407 e. The highest BCUT2D eigenvalue weighted by Crippen LogP contribution is 2.35. The van der Waals surface area contributed by atoms with E-state index in [1.807, 2.05) is 0 Å². The fourth-order valence-corrected chi connectivity index (χ4v) is 4.62. The predicted octanol–water partition coefficient (Wildman–Crippen LogP) is 4.23. The van der Waals surface area contributed by atoms with Crippen molar-refractivity contribution < 1.29 is 50.1 Å². The number of halogens is 6. The molecule has 0 spiro atoms. The molecular weight excluding hydrogens is 610 g/mol. The van der Waals surface area contributed by atoms with Gasteiger partial charge in [-0.1, -0.05) is 30.3 Å². The van der Waals surface area contributed by atoms with Crippen LogP contribution in [-0.4, -0.2) is 69.3 Å². The van der Waals surface area contributed by atoms with Crippen LogP contribution in [-0.2, 0) is 14.3 Å². The van der Waals surface area contributed by atoms with Crippen molar-refractivity contribution in [1.82, 2.24) is 10.6 Å². The Morgan fingerprint density at radius 2 is 1.58 bits per heavy atom. The summed E-state index contributed by atoms with van der Waals surface area (Å²) >= 11 is 0. The average Bonchev–Trinajstić information content (AvgIpc) is 3.00. The number of anilines is 1. The predicted molar refractivity (Wildman–Crippen MR) is 150 cm³/mol. The normalized spacial score (nSPS) is 17.4. The Labute approximate surface area is 254 Å². The van der Waals surface area contributed by atoms with Gasteiger partial charge in [0.25, 0.3) is 0 Å². The van der Waals surface area contributed by atoms with Crippen LogP contribution in [0, 0.1) is 17.5 Å².